The van der Waals surface area contributed by atoms with Crippen LogP contribution in [0.25, 0.3) is 16.4 Å². The van der Waals surface area contributed by atoms with Gasteiger partial charge < -0.3 is 0 Å². The molecule has 0 aliphatic heterocycles. The molecule has 0 bridgehead atoms. The standard InChI is InChI=1S/C12H7Cl2N3O2S2/c13-10-7-6-9(20-10)11-15-16-12(21(14,18)19)17(11)8-4-2-1-3-5-8/h1-7H. The molecule has 0 unspecified atom stereocenters. The molecule has 5 nitrogen and oxygen atoms in total. The lowest BCUT2D eigenvalue weighted by Gasteiger charge is -2.07. The second kappa shape index (κ2) is 5.42. The molecule has 0 amide bonds. The molecule has 0 N–H and O–H groups in total. The Labute approximate surface area is 134 Å². The minimum absolute atomic E-state index is 0.324. The minimum Gasteiger partial charge on any atom is -0.264 e. The Balaban J connectivity index is 2.30. The van der Waals surface area contributed by atoms with E-state index in [2.05, 4.69) is 10.2 Å². The summed E-state index contributed by atoms with van der Waals surface area (Å²) in [6.45, 7) is 0. The van der Waals surface area contributed by atoms with Crippen molar-refractivity contribution in [2.24, 2.45) is 0 Å². The van der Waals surface area contributed by atoms with Crippen molar-refractivity contribution in [2.75, 3.05) is 0 Å². The molecule has 2 aromatic heterocycles. The van der Waals surface area contributed by atoms with Gasteiger partial charge >= 0.3 is 0 Å². The van der Waals surface area contributed by atoms with E-state index in [9.17, 15) is 8.42 Å². The molecule has 108 valence electrons. The van der Waals surface area contributed by atoms with Crippen LogP contribution >= 0.6 is 33.6 Å². The SMILES string of the molecule is O=S(=O)(Cl)c1nnc(-c2ccc(Cl)s2)n1-c1ccccc1. The number of benzene rings is 1. The number of thiophene rings is 1. The zero-order chi connectivity index (χ0) is 15.0. The summed E-state index contributed by atoms with van der Waals surface area (Å²) in [5, 5.41) is 7.33. The second-order valence-electron chi connectivity index (χ2n) is 4.02. The fourth-order valence-corrected chi connectivity index (χ4v) is 3.70. The highest BCUT2D eigenvalue weighted by Gasteiger charge is 2.25. The summed E-state index contributed by atoms with van der Waals surface area (Å²) >= 11 is 7.20. The predicted molar refractivity (Wildman–Crippen MR) is 82.7 cm³/mol. The molecule has 0 atom stereocenters. The van der Waals surface area contributed by atoms with Gasteiger partial charge in [-0.1, -0.05) is 29.8 Å². The Morgan fingerprint density at radius 2 is 1.76 bits per heavy atom. The van der Waals surface area contributed by atoms with Crippen molar-refractivity contribution >= 4 is 42.7 Å². The number of para-hydroxylation sites is 1. The number of halogens is 2. The zero-order valence-corrected chi connectivity index (χ0v) is 13.4. The fourth-order valence-electron chi connectivity index (χ4n) is 1.83. The van der Waals surface area contributed by atoms with Crippen LogP contribution in [0.5, 0.6) is 0 Å². The van der Waals surface area contributed by atoms with E-state index < -0.39 is 9.05 Å². The molecule has 0 saturated heterocycles. The van der Waals surface area contributed by atoms with Crippen LogP contribution in [0.15, 0.2) is 47.6 Å². The van der Waals surface area contributed by atoms with Crippen molar-refractivity contribution < 1.29 is 8.42 Å². The first-order chi connectivity index (χ1) is 9.97. The Kier molecular flexibility index (Phi) is 3.75. The van der Waals surface area contributed by atoms with Crippen LogP contribution in [0, 0.1) is 0 Å². The quantitative estimate of drug-likeness (QED) is 0.670. The predicted octanol–water partition coefficient (Wildman–Crippen LogP) is 3.58. The summed E-state index contributed by atoms with van der Waals surface area (Å²) in [5.74, 6) is 0.373. The molecule has 0 aliphatic carbocycles. The molecule has 0 radical (unpaired) electrons. The van der Waals surface area contributed by atoms with E-state index in [1.54, 1.807) is 36.4 Å². The number of hydrogen-bond acceptors (Lipinski definition) is 5. The highest BCUT2D eigenvalue weighted by molar-refractivity contribution is 8.13. The second-order valence-corrected chi connectivity index (χ2v) is 8.19. The van der Waals surface area contributed by atoms with E-state index in [0.717, 1.165) is 0 Å². The van der Waals surface area contributed by atoms with Crippen LogP contribution in [0.4, 0.5) is 0 Å². The van der Waals surface area contributed by atoms with Crippen LogP contribution < -0.4 is 0 Å². The van der Waals surface area contributed by atoms with E-state index in [1.165, 1.54) is 15.9 Å². The molecular weight excluding hydrogens is 353 g/mol. The third kappa shape index (κ3) is 2.82. The number of rotatable bonds is 3. The number of aromatic nitrogens is 3. The Morgan fingerprint density at radius 1 is 1.05 bits per heavy atom. The van der Waals surface area contributed by atoms with Gasteiger partial charge in [0.15, 0.2) is 5.82 Å². The lowest BCUT2D eigenvalue weighted by Crippen LogP contribution is -2.05. The van der Waals surface area contributed by atoms with Crippen LogP contribution in [-0.2, 0) is 9.05 Å². The molecule has 9 heteroatoms. The van der Waals surface area contributed by atoms with Crippen molar-refractivity contribution in [3.8, 4) is 16.4 Å². The largest absolute Gasteiger partial charge is 0.297 e. The molecule has 3 rings (SSSR count). The van der Waals surface area contributed by atoms with Gasteiger partial charge in [-0.25, -0.2) is 8.42 Å². The Morgan fingerprint density at radius 3 is 2.33 bits per heavy atom. The van der Waals surface area contributed by atoms with Gasteiger partial charge in [0.1, 0.15) is 0 Å². The monoisotopic (exact) mass is 359 g/mol. The lowest BCUT2D eigenvalue weighted by molar-refractivity contribution is 0.597. The lowest BCUT2D eigenvalue weighted by atomic mass is 10.3. The molecule has 1 aromatic carbocycles. The third-order valence-corrected chi connectivity index (χ3v) is 5.00. The average molecular weight is 360 g/mol. The first kappa shape index (κ1) is 14.5. The summed E-state index contributed by atoms with van der Waals surface area (Å²) in [5.41, 5.74) is 0.598. The molecule has 0 fully saturated rings. The van der Waals surface area contributed by atoms with Crippen molar-refractivity contribution in [2.45, 2.75) is 5.16 Å². The topological polar surface area (TPSA) is 64.8 Å². The van der Waals surface area contributed by atoms with Gasteiger partial charge in [-0.3, -0.25) is 4.57 Å². The number of nitrogens with zero attached hydrogens (tertiary/aromatic N) is 3. The van der Waals surface area contributed by atoms with Gasteiger partial charge in [-0.15, -0.1) is 21.5 Å². The molecular formula is C12H7Cl2N3O2S2. The van der Waals surface area contributed by atoms with Crippen LogP contribution in [0.1, 0.15) is 0 Å². The Hall–Kier alpha value is -1.41. The fraction of sp³-hybridized carbons (Fsp3) is 0. The van der Waals surface area contributed by atoms with E-state index in [0.29, 0.717) is 20.7 Å². The molecule has 0 saturated carbocycles. The average Bonchev–Trinajstić information content (AvgIpc) is 3.04. The van der Waals surface area contributed by atoms with Gasteiger partial charge in [0.05, 0.1) is 9.21 Å². The van der Waals surface area contributed by atoms with Crippen LogP contribution in [0.2, 0.25) is 4.34 Å². The van der Waals surface area contributed by atoms with E-state index in [1.807, 2.05) is 6.07 Å². The van der Waals surface area contributed by atoms with E-state index in [-0.39, 0.29) is 5.16 Å². The maximum Gasteiger partial charge on any atom is 0.297 e. The highest BCUT2D eigenvalue weighted by atomic mass is 35.7. The molecule has 0 spiro atoms. The number of hydrogen-bond donors (Lipinski definition) is 0. The smallest absolute Gasteiger partial charge is 0.264 e. The van der Waals surface area contributed by atoms with Crippen molar-refractivity contribution in [3.05, 3.63) is 46.8 Å². The van der Waals surface area contributed by atoms with E-state index in [4.69, 9.17) is 22.3 Å². The summed E-state index contributed by atoms with van der Waals surface area (Å²) < 4.78 is 25.4. The van der Waals surface area contributed by atoms with Gasteiger partial charge in [-0.05, 0) is 24.3 Å². The van der Waals surface area contributed by atoms with Gasteiger partial charge in [0, 0.05) is 16.4 Å². The molecule has 3 aromatic rings. The van der Waals surface area contributed by atoms with Crippen molar-refractivity contribution in [1.29, 1.82) is 0 Å². The van der Waals surface area contributed by atoms with Gasteiger partial charge in [0.2, 0.25) is 0 Å². The minimum atomic E-state index is -4.03. The molecule has 2 heterocycles. The maximum absolute atomic E-state index is 11.7. The summed E-state index contributed by atoms with van der Waals surface area (Å²) in [7, 11) is 1.42. The Bertz CT molecular complexity index is 888. The maximum atomic E-state index is 11.7. The first-order valence-corrected chi connectivity index (χ1v) is 9.18. The van der Waals surface area contributed by atoms with Crippen molar-refractivity contribution in [1.82, 2.24) is 14.8 Å². The van der Waals surface area contributed by atoms with E-state index >= 15 is 0 Å². The summed E-state index contributed by atoms with van der Waals surface area (Å²) in [6.07, 6.45) is 0. The zero-order valence-electron chi connectivity index (χ0n) is 10.3. The molecule has 21 heavy (non-hydrogen) atoms. The van der Waals surface area contributed by atoms with Crippen molar-refractivity contribution in [3.63, 3.8) is 0 Å². The van der Waals surface area contributed by atoms with Crippen LogP contribution in [0.3, 0.4) is 0 Å². The van der Waals surface area contributed by atoms with Crippen LogP contribution in [-0.4, -0.2) is 23.2 Å². The van der Waals surface area contributed by atoms with Gasteiger partial charge in [-0.2, -0.15) is 0 Å². The first-order valence-electron chi connectivity index (χ1n) is 5.68. The highest BCUT2D eigenvalue weighted by Crippen LogP contribution is 2.33. The van der Waals surface area contributed by atoms with Gasteiger partial charge in [0.25, 0.3) is 14.2 Å². The third-order valence-electron chi connectivity index (χ3n) is 2.66. The normalized spacial score (nSPS) is 11.7. The summed E-state index contributed by atoms with van der Waals surface area (Å²) in [6, 6.07) is 12.3. The summed E-state index contributed by atoms with van der Waals surface area (Å²) in [4.78, 5) is 0.697. The molecule has 0 aliphatic rings.